The number of aromatic amines is 2. The quantitative estimate of drug-likeness (QED) is 0.0884. The molecule has 5 aliphatic rings. The van der Waals surface area contributed by atoms with Gasteiger partial charge in [-0.3, -0.25) is 14.9 Å². The maximum absolute atomic E-state index is 12.4. The summed E-state index contributed by atoms with van der Waals surface area (Å²) in [5.74, 6) is 0.177. The molecular formula is C62H69N7O3. The molecule has 10 nitrogen and oxygen atoms in total. The van der Waals surface area contributed by atoms with Gasteiger partial charge in [0.2, 0.25) is 0 Å². The molecule has 2 unspecified atom stereocenters. The fourth-order valence-electron chi connectivity index (χ4n) is 12.3. The predicted octanol–water partition coefficient (Wildman–Crippen LogP) is 14.4. The SMILES string of the molecule is CCC1=C(CC)c2cc3[nH]c(cc4[nH]c(cc5nc(cc1n2)C(CC)=C5CC)c(CC)c4CC)c(CC)c3CC.COc1ccc(N2c3ccc(/C=C4\C(=O)NC(=O)C(C#N)=C4C)cc3C3CCCC32)cc1. The van der Waals surface area contributed by atoms with Crippen LogP contribution in [-0.2, 0) is 35.3 Å². The van der Waals surface area contributed by atoms with Crippen LogP contribution in [-0.4, -0.2) is 44.9 Å². The van der Waals surface area contributed by atoms with E-state index in [1.807, 2.05) is 24.3 Å². The van der Waals surface area contributed by atoms with Gasteiger partial charge < -0.3 is 19.6 Å². The standard InChI is InChI=1S/C36H46N4.C26H23N3O3/c1-9-21-22(10-2)30-18-32-25(13-5)26(14-6)34(39-32)20-36-28(16-8)27(15-7)35(40-36)19-33-24(12-4)23(11-3)31(38-33)17-29(21)37-30;1-15-20(25(30)28-26(31)22(15)14-27)12-16-6-11-24-21(13-16)19-4-3-5-23(19)29(24)17-7-9-18(32-2)10-8-17/h17-20,37-38H,9-16H2,1-8H3;6-13,19,23H,3-5H2,1-2H3,(H,28,30,31)/b;20-12-. The first-order valence-electron chi connectivity index (χ1n) is 26.5. The van der Waals surface area contributed by atoms with Gasteiger partial charge in [0, 0.05) is 51.0 Å². The van der Waals surface area contributed by atoms with Crippen LogP contribution in [0.15, 0.2) is 83.4 Å². The van der Waals surface area contributed by atoms with Crippen LogP contribution in [0.5, 0.6) is 5.75 Å². The Morgan fingerprint density at radius 3 is 1.61 bits per heavy atom. The largest absolute Gasteiger partial charge is 0.497 e. The number of amides is 2. The lowest BCUT2D eigenvalue weighted by Gasteiger charge is -2.27. The topological polar surface area (TPSA) is 140 Å². The van der Waals surface area contributed by atoms with Crippen LogP contribution >= 0.6 is 0 Å². The molecule has 1 fully saturated rings. The maximum Gasteiger partial charge on any atom is 0.269 e. The van der Waals surface area contributed by atoms with E-state index in [0.29, 0.717) is 23.1 Å². The summed E-state index contributed by atoms with van der Waals surface area (Å²) in [6.07, 6.45) is 13.1. The fraction of sp³-hybridized carbons (Fsp3) is 0.371. The lowest BCUT2D eigenvalue weighted by Crippen LogP contribution is -2.37. The number of imide groups is 1. The molecule has 1 saturated carbocycles. The van der Waals surface area contributed by atoms with Crippen molar-refractivity contribution in [1.29, 1.82) is 5.26 Å². The smallest absolute Gasteiger partial charge is 0.269 e. The van der Waals surface area contributed by atoms with Crippen LogP contribution in [0.1, 0.15) is 169 Å². The Hall–Kier alpha value is -7.25. The molecule has 3 aromatic heterocycles. The van der Waals surface area contributed by atoms with Crippen molar-refractivity contribution in [2.24, 2.45) is 0 Å². The van der Waals surface area contributed by atoms with E-state index in [4.69, 9.17) is 14.7 Å². The molecule has 1 aliphatic carbocycles. The number of nitrogens with zero attached hydrogens (tertiary/aromatic N) is 4. The van der Waals surface area contributed by atoms with E-state index in [9.17, 15) is 14.9 Å². The Morgan fingerprint density at radius 1 is 0.639 bits per heavy atom. The van der Waals surface area contributed by atoms with Crippen LogP contribution in [0.2, 0.25) is 0 Å². The van der Waals surface area contributed by atoms with E-state index in [1.165, 1.54) is 84.3 Å². The lowest BCUT2D eigenvalue weighted by molar-refractivity contribution is -0.126. The van der Waals surface area contributed by atoms with Crippen LogP contribution in [0.25, 0.3) is 50.4 Å². The second-order valence-corrected chi connectivity index (χ2v) is 19.3. The maximum atomic E-state index is 12.4. The molecule has 2 atom stereocenters. The van der Waals surface area contributed by atoms with Gasteiger partial charge in [0.1, 0.15) is 17.4 Å². The van der Waals surface area contributed by atoms with E-state index < -0.39 is 11.8 Å². The molecule has 8 bridgehead atoms. The van der Waals surface area contributed by atoms with Crippen LogP contribution < -0.4 is 15.0 Å². The van der Waals surface area contributed by atoms with Crippen molar-refractivity contribution in [1.82, 2.24) is 25.3 Å². The van der Waals surface area contributed by atoms with Crippen LogP contribution in [0.3, 0.4) is 0 Å². The summed E-state index contributed by atoms with van der Waals surface area (Å²) < 4.78 is 5.31. The number of aromatic nitrogens is 4. The molecular weight excluding hydrogens is 891 g/mol. The molecule has 2 amide bonds. The molecule has 3 N–H and O–H groups in total. The Balaban J connectivity index is 0.000000182. The van der Waals surface area contributed by atoms with Gasteiger partial charge in [-0.1, -0.05) is 67.9 Å². The number of methoxy groups -OCH3 is 1. The molecule has 0 radical (unpaired) electrons. The first-order chi connectivity index (χ1) is 35.0. The highest BCUT2D eigenvalue weighted by Gasteiger charge is 2.42. The number of nitriles is 1. The molecule has 10 heteroatoms. The predicted molar refractivity (Wildman–Crippen MR) is 295 cm³/mol. The van der Waals surface area contributed by atoms with Gasteiger partial charge >= 0.3 is 0 Å². The fourth-order valence-corrected chi connectivity index (χ4v) is 12.3. The summed E-state index contributed by atoms with van der Waals surface area (Å²) >= 11 is 0. The summed E-state index contributed by atoms with van der Waals surface area (Å²) in [6.45, 7) is 19.8. The molecule has 5 aromatic rings. The summed E-state index contributed by atoms with van der Waals surface area (Å²) in [7, 11) is 1.67. The number of nitrogens with one attached hydrogen (secondary N) is 3. The van der Waals surface area contributed by atoms with Crippen molar-refractivity contribution in [3.8, 4) is 11.8 Å². The van der Waals surface area contributed by atoms with Crippen LogP contribution in [0, 0.1) is 11.3 Å². The minimum atomic E-state index is -0.634. The van der Waals surface area contributed by atoms with E-state index in [1.54, 1.807) is 20.1 Å². The molecule has 72 heavy (non-hydrogen) atoms. The Kier molecular flexibility index (Phi) is 14.4. The van der Waals surface area contributed by atoms with Gasteiger partial charge in [-0.15, -0.1) is 0 Å². The minimum absolute atomic E-state index is 0.0152. The second-order valence-electron chi connectivity index (χ2n) is 19.3. The summed E-state index contributed by atoms with van der Waals surface area (Å²) in [5, 5.41) is 11.5. The molecule has 0 spiro atoms. The van der Waals surface area contributed by atoms with Gasteiger partial charge in [-0.2, -0.15) is 5.26 Å². The average Bonchev–Trinajstić information content (AvgIpc) is 4.24. The number of benzene rings is 2. The summed E-state index contributed by atoms with van der Waals surface area (Å²) in [5.41, 5.74) is 25.5. The number of fused-ring (bicyclic) bond motifs is 11. The number of anilines is 2. The van der Waals surface area contributed by atoms with E-state index in [-0.39, 0.29) is 5.57 Å². The number of aryl methyl sites for hydroxylation is 4. The van der Waals surface area contributed by atoms with Gasteiger partial charge in [0.05, 0.1) is 29.9 Å². The molecule has 10 rings (SSSR count). The van der Waals surface area contributed by atoms with Crippen molar-refractivity contribution in [3.05, 3.63) is 140 Å². The minimum Gasteiger partial charge on any atom is -0.497 e. The third-order valence-corrected chi connectivity index (χ3v) is 15.7. The van der Waals surface area contributed by atoms with Crippen molar-refractivity contribution < 1.29 is 14.3 Å². The van der Waals surface area contributed by atoms with Crippen molar-refractivity contribution in [3.63, 3.8) is 0 Å². The van der Waals surface area contributed by atoms with E-state index in [2.05, 4.69) is 124 Å². The number of hydrogen-bond acceptors (Lipinski definition) is 7. The zero-order valence-corrected chi connectivity index (χ0v) is 43.9. The zero-order chi connectivity index (χ0) is 51.0. The van der Waals surface area contributed by atoms with Gasteiger partial charge in [-0.05, 0) is 199 Å². The van der Waals surface area contributed by atoms with Crippen molar-refractivity contribution in [2.75, 3.05) is 12.0 Å². The number of rotatable bonds is 11. The molecule has 4 aliphatic heterocycles. The lowest BCUT2D eigenvalue weighted by atomic mass is 9.92. The Labute approximate surface area is 425 Å². The highest BCUT2D eigenvalue weighted by atomic mass is 16.5. The number of H-pyrrole nitrogens is 2. The Bertz CT molecular complexity index is 3230. The highest BCUT2D eigenvalue weighted by Crippen LogP contribution is 2.53. The number of ether oxygens (including phenoxy) is 1. The number of hydrogen-bond donors (Lipinski definition) is 3. The van der Waals surface area contributed by atoms with E-state index in [0.717, 1.165) is 104 Å². The highest BCUT2D eigenvalue weighted by molar-refractivity contribution is 6.19. The second kappa shape index (κ2) is 20.8. The van der Waals surface area contributed by atoms with Crippen molar-refractivity contribution in [2.45, 2.75) is 145 Å². The Morgan fingerprint density at radius 2 is 1.14 bits per heavy atom. The zero-order valence-electron chi connectivity index (χ0n) is 43.9. The van der Waals surface area contributed by atoms with E-state index >= 15 is 0 Å². The molecule has 370 valence electrons. The number of carbonyl (C=O) groups excluding carboxylic acids is 2. The molecule has 0 saturated heterocycles. The molecule has 2 aromatic carbocycles. The average molecular weight is 960 g/mol. The molecule has 7 heterocycles. The van der Waals surface area contributed by atoms with Crippen LogP contribution in [0.4, 0.5) is 11.4 Å². The monoisotopic (exact) mass is 960 g/mol. The number of carbonyl (C=O) groups is 2. The normalized spacial score (nSPS) is 17.8. The third-order valence-electron chi connectivity index (χ3n) is 15.7. The van der Waals surface area contributed by atoms with Gasteiger partial charge in [-0.25, -0.2) is 9.97 Å². The third kappa shape index (κ3) is 8.71. The van der Waals surface area contributed by atoms with Crippen molar-refractivity contribution >= 4 is 73.6 Å². The first kappa shape index (κ1) is 49.7. The summed E-state index contributed by atoms with van der Waals surface area (Å²) in [4.78, 5) is 45.0. The first-order valence-corrected chi connectivity index (χ1v) is 26.5. The number of allylic oxidation sites excluding steroid dienone is 4. The summed E-state index contributed by atoms with van der Waals surface area (Å²) in [6, 6.07) is 26.0. The van der Waals surface area contributed by atoms with Gasteiger partial charge in [0.25, 0.3) is 11.8 Å². The van der Waals surface area contributed by atoms with Gasteiger partial charge in [0.15, 0.2) is 0 Å².